The van der Waals surface area contributed by atoms with Gasteiger partial charge in [-0.15, -0.1) is 0 Å². The average Bonchev–Trinajstić information content (AvgIpc) is 2.37. The van der Waals surface area contributed by atoms with Crippen molar-refractivity contribution in [1.82, 2.24) is 15.5 Å². The van der Waals surface area contributed by atoms with Crippen molar-refractivity contribution in [3.8, 4) is 0 Å². The van der Waals surface area contributed by atoms with Crippen LogP contribution in [0.15, 0.2) is 18.2 Å². The monoisotopic (exact) mass is 271 g/mol. The zero-order valence-corrected chi connectivity index (χ0v) is 11.3. The Morgan fingerprint density at radius 1 is 1.26 bits per heavy atom. The van der Waals surface area contributed by atoms with Gasteiger partial charge < -0.3 is 15.5 Å². The third kappa shape index (κ3) is 4.82. The highest BCUT2D eigenvalue weighted by atomic mass is 19.2. The molecular formula is C13H19F2N3O. The summed E-state index contributed by atoms with van der Waals surface area (Å²) in [4.78, 5) is 12.7. The van der Waals surface area contributed by atoms with Crippen LogP contribution in [0.25, 0.3) is 0 Å². The number of benzene rings is 1. The first-order valence-electron chi connectivity index (χ1n) is 6.05. The third-order valence-corrected chi connectivity index (χ3v) is 2.70. The molecule has 0 radical (unpaired) electrons. The lowest BCUT2D eigenvalue weighted by molar-refractivity contribution is 0.217. The van der Waals surface area contributed by atoms with Gasteiger partial charge in [0.2, 0.25) is 0 Å². The summed E-state index contributed by atoms with van der Waals surface area (Å²) in [7, 11) is 3.32. The molecule has 0 fully saturated rings. The molecule has 1 aromatic carbocycles. The maximum Gasteiger partial charge on any atom is 0.316 e. The molecule has 2 amide bonds. The van der Waals surface area contributed by atoms with Crippen LogP contribution in [0.4, 0.5) is 13.6 Å². The van der Waals surface area contributed by atoms with E-state index in [-0.39, 0.29) is 12.1 Å². The van der Waals surface area contributed by atoms with Gasteiger partial charge in [0.05, 0.1) is 0 Å². The van der Waals surface area contributed by atoms with Crippen LogP contribution in [0.5, 0.6) is 0 Å². The van der Waals surface area contributed by atoms with Gasteiger partial charge in [-0.2, -0.15) is 0 Å². The molecule has 1 unspecified atom stereocenters. The van der Waals surface area contributed by atoms with Crippen LogP contribution in [0, 0.1) is 11.6 Å². The number of hydrogen-bond donors (Lipinski definition) is 2. The van der Waals surface area contributed by atoms with E-state index in [2.05, 4.69) is 10.6 Å². The molecule has 0 saturated heterocycles. The van der Waals surface area contributed by atoms with Crippen molar-refractivity contribution in [2.45, 2.75) is 13.0 Å². The van der Waals surface area contributed by atoms with Crippen molar-refractivity contribution in [3.63, 3.8) is 0 Å². The van der Waals surface area contributed by atoms with Crippen molar-refractivity contribution >= 4 is 6.03 Å². The summed E-state index contributed by atoms with van der Waals surface area (Å²) in [6, 6.07) is 3.53. The number of nitrogens with one attached hydrogen (secondary N) is 2. The van der Waals surface area contributed by atoms with Gasteiger partial charge in [0.25, 0.3) is 0 Å². The van der Waals surface area contributed by atoms with E-state index in [9.17, 15) is 13.6 Å². The predicted octanol–water partition coefficient (Wildman–Crippen LogP) is 1.89. The van der Waals surface area contributed by atoms with Crippen LogP contribution >= 0.6 is 0 Å². The highest BCUT2D eigenvalue weighted by molar-refractivity contribution is 5.73. The van der Waals surface area contributed by atoms with Gasteiger partial charge in [-0.05, 0) is 24.6 Å². The van der Waals surface area contributed by atoms with E-state index in [1.54, 1.807) is 14.1 Å². The van der Waals surface area contributed by atoms with Gasteiger partial charge in [-0.3, -0.25) is 0 Å². The van der Waals surface area contributed by atoms with Gasteiger partial charge in [-0.1, -0.05) is 6.07 Å². The number of hydrogen-bond acceptors (Lipinski definition) is 2. The SMILES string of the molecule is CC(NCCNC(=O)N(C)C)c1ccc(F)c(F)c1. The fraction of sp³-hybridized carbons (Fsp3) is 0.462. The highest BCUT2D eigenvalue weighted by Crippen LogP contribution is 2.15. The molecule has 0 aliphatic heterocycles. The Labute approximate surface area is 111 Å². The first-order chi connectivity index (χ1) is 8.91. The Hall–Kier alpha value is -1.69. The maximum atomic E-state index is 13.1. The number of urea groups is 1. The quantitative estimate of drug-likeness (QED) is 0.803. The van der Waals surface area contributed by atoms with Crippen molar-refractivity contribution in [2.75, 3.05) is 27.2 Å². The first kappa shape index (κ1) is 15.4. The van der Waals surface area contributed by atoms with E-state index in [1.807, 2.05) is 6.92 Å². The van der Waals surface area contributed by atoms with E-state index in [1.165, 1.54) is 17.0 Å². The first-order valence-corrected chi connectivity index (χ1v) is 6.05. The van der Waals surface area contributed by atoms with Gasteiger partial charge in [0.15, 0.2) is 11.6 Å². The molecule has 0 aromatic heterocycles. The molecule has 1 rings (SSSR count). The number of rotatable bonds is 5. The fourth-order valence-corrected chi connectivity index (χ4v) is 1.52. The van der Waals surface area contributed by atoms with Crippen LogP contribution in [-0.2, 0) is 0 Å². The molecule has 0 bridgehead atoms. The van der Waals surface area contributed by atoms with Gasteiger partial charge in [0, 0.05) is 33.2 Å². The summed E-state index contributed by atoms with van der Waals surface area (Å²) in [6.45, 7) is 2.85. The molecule has 2 N–H and O–H groups in total. The molecule has 0 spiro atoms. The number of carbonyl (C=O) groups is 1. The minimum Gasteiger partial charge on any atom is -0.337 e. The van der Waals surface area contributed by atoms with E-state index >= 15 is 0 Å². The molecule has 1 atom stereocenters. The molecule has 6 heteroatoms. The second-order valence-corrected chi connectivity index (χ2v) is 4.48. The highest BCUT2D eigenvalue weighted by Gasteiger charge is 2.08. The average molecular weight is 271 g/mol. The van der Waals surface area contributed by atoms with Crippen LogP contribution < -0.4 is 10.6 Å². The zero-order chi connectivity index (χ0) is 14.4. The molecule has 19 heavy (non-hydrogen) atoms. The summed E-state index contributed by atoms with van der Waals surface area (Å²) in [6.07, 6.45) is 0. The lowest BCUT2D eigenvalue weighted by atomic mass is 10.1. The van der Waals surface area contributed by atoms with Crippen molar-refractivity contribution in [2.24, 2.45) is 0 Å². The largest absolute Gasteiger partial charge is 0.337 e. The summed E-state index contributed by atoms with van der Waals surface area (Å²) in [5, 5.41) is 5.82. The third-order valence-electron chi connectivity index (χ3n) is 2.70. The molecule has 0 heterocycles. The number of nitrogens with zero attached hydrogens (tertiary/aromatic N) is 1. The molecule has 0 aliphatic rings. The minimum absolute atomic E-state index is 0.119. The molecule has 106 valence electrons. The Kier molecular flexibility index (Phi) is 5.69. The molecule has 0 saturated carbocycles. The summed E-state index contributed by atoms with van der Waals surface area (Å²) < 4.78 is 25.8. The Morgan fingerprint density at radius 2 is 1.95 bits per heavy atom. The van der Waals surface area contributed by atoms with E-state index in [0.29, 0.717) is 18.7 Å². The summed E-state index contributed by atoms with van der Waals surface area (Å²) >= 11 is 0. The van der Waals surface area contributed by atoms with E-state index in [0.717, 1.165) is 6.07 Å². The van der Waals surface area contributed by atoms with E-state index in [4.69, 9.17) is 0 Å². The molecule has 4 nitrogen and oxygen atoms in total. The lowest BCUT2D eigenvalue weighted by Gasteiger charge is -2.16. The van der Waals surface area contributed by atoms with Gasteiger partial charge >= 0.3 is 6.03 Å². The zero-order valence-electron chi connectivity index (χ0n) is 11.3. The summed E-state index contributed by atoms with van der Waals surface area (Å²) in [5.41, 5.74) is 0.665. The van der Waals surface area contributed by atoms with Crippen LogP contribution in [0.2, 0.25) is 0 Å². The molecule has 1 aromatic rings. The van der Waals surface area contributed by atoms with Crippen molar-refractivity contribution < 1.29 is 13.6 Å². The van der Waals surface area contributed by atoms with E-state index < -0.39 is 11.6 Å². The minimum atomic E-state index is -0.855. The number of halogens is 2. The maximum absolute atomic E-state index is 13.1. The molecular weight excluding hydrogens is 252 g/mol. The molecule has 0 aliphatic carbocycles. The fourth-order valence-electron chi connectivity index (χ4n) is 1.52. The Bertz CT molecular complexity index is 438. The Balaban J connectivity index is 2.37. The number of amides is 2. The smallest absolute Gasteiger partial charge is 0.316 e. The Morgan fingerprint density at radius 3 is 2.53 bits per heavy atom. The van der Waals surface area contributed by atoms with Gasteiger partial charge in [0.1, 0.15) is 0 Å². The normalized spacial score (nSPS) is 12.1. The summed E-state index contributed by atoms with van der Waals surface area (Å²) in [5.74, 6) is -1.71. The predicted molar refractivity (Wildman–Crippen MR) is 69.9 cm³/mol. The second-order valence-electron chi connectivity index (χ2n) is 4.48. The number of carbonyl (C=O) groups excluding carboxylic acids is 1. The topological polar surface area (TPSA) is 44.4 Å². The standard InChI is InChI=1S/C13H19F2N3O/c1-9(10-4-5-11(14)12(15)8-10)16-6-7-17-13(19)18(2)3/h4-5,8-9,16H,6-7H2,1-3H3,(H,17,19). The van der Waals surface area contributed by atoms with Crippen molar-refractivity contribution in [3.05, 3.63) is 35.4 Å². The van der Waals surface area contributed by atoms with Crippen LogP contribution in [0.1, 0.15) is 18.5 Å². The van der Waals surface area contributed by atoms with Gasteiger partial charge in [-0.25, -0.2) is 13.6 Å². The van der Waals surface area contributed by atoms with Crippen LogP contribution in [-0.4, -0.2) is 38.1 Å². The second kappa shape index (κ2) is 7.04. The van der Waals surface area contributed by atoms with Crippen molar-refractivity contribution in [1.29, 1.82) is 0 Å². The van der Waals surface area contributed by atoms with Crippen LogP contribution in [0.3, 0.4) is 0 Å². The lowest BCUT2D eigenvalue weighted by Crippen LogP contribution is -2.38.